The minimum Gasteiger partial charge on any atom is -0.339 e. The van der Waals surface area contributed by atoms with E-state index in [2.05, 4.69) is 41.2 Å². The lowest BCUT2D eigenvalue weighted by atomic mass is 10.2. The van der Waals surface area contributed by atoms with Crippen LogP contribution in [0.3, 0.4) is 0 Å². The van der Waals surface area contributed by atoms with Crippen LogP contribution in [0.2, 0.25) is 0 Å². The predicted octanol–water partition coefficient (Wildman–Crippen LogP) is 2.05. The summed E-state index contributed by atoms with van der Waals surface area (Å²) in [6.45, 7) is 1.07. The Morgan fingerprint density at radius 2 is 2.12 bits per heavy atom. The molecule has 88 valence electrons. The highest BCUT2D eigenvalue weighted by Gasteiger charge is 2.19. The molecule has 3 heterocycles. The molecule has 5 nitrogen and oxygen atoms in total. The summed E-state index contributed by atoms with van der Waals surface area (Å²) in [6, 6.07) is 0.354. The lowest BCUT2D eigenvalue weighted by Gasteiger charge is -2.05. The van der Waals surface area contributed by atoms with Crippen molar-refractivity contribution in [1.82, 2.24) is 25.3 Å². The molecule has 1 atom stereocenters. The molecule has 0 aromatic carbocycles. The number of hydrogen-bond acceptors (Lipinski definition) is 4. The monoisotopic (exact) mass is 293 g/mol. The van der Waals surface area contributed by atoms with E-state index in [1.165, 1.54) is 6.42 Å². The molecular weight excluding hydrogens is 282 g/mol. The zero-order valence-corrected chi connectivity index (χ0v) is 10.7. The standard InChI is InChI=1S/C11H12BrN5/c12-10-6-14-8(4-15-10)9-5-16-11(17-9)7-2-1-3-13-7/h4-7,13H,1-3H2,(H,16,17)/t7-/m0/s1. The average Bonchev–Trinajstić information content (AvgIpc) is 3.00. The van der Waals surface area contributed by atoms with E-state index >= 15 is 0 Å². The molecule has 0 saturated carbocycles. The first kappa shape index (κ1) is 10.9. The summed E-state index contributed by atoms with van der Waals surface area (Å²) in [7, 11) is 0. The summed E-state index contributed by atoms with van der Waals surface area (Å²) in [5.74, 6) is 0.988. The Bertz CT molecular complexity index is 501. The van der Waals surface area contributed by atoms with E-state index in [1.54, 1.807) is 12.4 Å². The molecule has 3 rings (SSSR count). The SMILES string of the molecule is Brc1cnc(-c2cnc([C@@H]3CCCN3)[nH]2)cn1. The third-order valence-electron chi connectivity index (χ3n) is 2.88. The molecule has 17 heavy (non-hydrogen) atoms. The number of aromatic amines is 1. The number of imidazole rings is 1. The van der Waals surface area contributed by atoms with Crippen LogP contribution in [0.4, 0.5) is 0 Å². The van der Waals surface area contributed by atoms with Crippen LogP contribution in [0, 0.1) is 0 Å². The van der Waals surface area contributed by atoms with Gasteiger partial charge in [0.15, 0.2) is 0 Å². The van der Waals surface area contributed by atoms with Gasteiger partial charge in [-0.2, -0.15) is 0 Å². The lowest BCUT2D eigenvalue weighted by Crippen LogP contribution is -2.14. The maximum atomic E-state index is 4.40. The lowest BCUT2D eigenvalue weighted by molar-refractivity contribution is 0.613. The minimum absolute atomic E-state index is 0.354. The summed E-state index contributed by atoms with van der Waals surface area (Å²) < 4.78 is 0.735. The second-order valence-electron chi connectivity index (χ2n) is 4.06. The molecule has 2 N–H and O–H groups in total. The summed E-state index contributed by atoms with van der Waals surface area (Å²) in [6.07, 6.45) is 7.57. The number of halogens is 1. The van der Waals surface area contributed by atoms with Gasteiger partial charge in [-0.3, -0.25) is 4.98 Å². The van der Waals surface area contributed by atoms with Crippen LogP contribution in [0.5, 0.6) is 0 Å². The van der Waals surface area contributed by atoms with E-state index in [0.717, 1.165) is 34.8 Å². The quantitative estimate of drug-likeness (QED) is 0.889. The molecule has 2 aromatic rings. The number of hydrogen-bond donors (Lipinski definition) is 2. The number of rotatable bonds is 2. The second kappa shape index (κ2) is 4.54. The van der Waals surface area contributed by atoms with Gasteiger partial charge in [-0.05, 0) is 35.3 Å². The normalized spacial score (nSPS) is 19.7. The summed E-state index contributed by atoms with van der Waals surface area (Å²) in [4.78, 5) is 16.1. The van der Waals surface area contributed by atoms with E-state index < -0.39 is 0 Å². The van der Waals surface area contributed by atoms with Gasteiger partial charge in [0.2, 0.25) is 0 Å². The van der Waals surface area contributed by atoms with Crippen molar-refractivity contribution in [3.8, 4) is 11.4 Å². The van der Waals surface area contributed by atoms with Crippen LogP contribution in [0.1, 0.15) is 24.7 Å². The van der Waals surface area contributed by atoms with Crippen molar-refractivity contribution in [2.45, 2.75) is 18.9 Å². The van der Waals surface area contributed by atoms with E-state index in [-0.39, 0.29) is 0 Å². The Labute approximate surface area is 107 Å². The molecule has 6 heteroatoms. The van der Waals surface area contributed by atoms with Crippen LogP contribution in [0.15, 0.2) is 23.2 Å². The number of H-pyrrole nitrogens is 1. The van der Waals surface area contributed by atoms with Crippen molar-refractivity contribution in [3.63, 3.8) is 0 Å². The Morgan fingerprint density at radius 1 is 1.18 bits per heavy atom. The van der Waals surface area contributed by atoms with Crippen LogP contribution >= 0.6 is 15.9 Å². The van der Waals surface area contributed by atoms with Gasteiger partial charge in [-0.1, -0.05) is 0 Å². The Balaban J connectivity index is 1.86. The first-order valence-electron chi connectivity index (χ1n) is 5.59. The van der Waals surface area contributed by atoms with Crippen LogP contribution in [-0.2, 0) is 0 Å². The van der Waals surface area contributed by atoms with Crippen molar-refractivity contribution >= 4 is 15.9 Å². The van der Waals surface area contributed by atoms with E-state index in [9.17, 15) is 0 Å². The van der Waals surface area contributed by atoms with Gasteiger partial charge in [0, 0.05) is 0 Å². The van der Waals surface area contributed by atoms with Crippen molar-refractivity contribution < 1.29 is 0 Å². The molecule has 1 aliphatic rings. The van der Waals surface area contributed by atoms with Gasteiger partial charge in [0.25, 0.3) is 0 Å². The fourth-order valence-corrected chi connectivity index (χ4v) is 2.22. The fourth-order valence-electron chi connectivity index (χ4n) is 2.01. The van der Waals surface area contributed by atoms with Crippen molar-refractivity contribution in [2.75, 3.05) is 6.54 Å². The molecule has 1 aliphatic heterocycles. The third-order valence-corrected chi connectivity index (χ3v) is 3.29. The number of aromatic nitrogens is 4. The first-order chi connectivity index (χ1) is 8.33. The van der Waals surface area contributed by atoms with Crippen molar-refractivity contribution in [3.05, 3.63) is 29.0 Å². The Kier molecular flexibility index (Phi) is 2.90. The maximum absolute atomic E-state index is 4.40. The van der Waals surface area contributed by atoms with Gasteiger partial charge in [0.05, 0.1) is 30.3 Å². The van der Waals surface area contributed by atoms with Gasteiger partial charge in [0.1, 0.15) is 16.1 Å². The van der Waals surface area contributed by atoms with Crippen molar-refractivity contribution in [2.24, 2.45) is 0 Å². The van der Waals surface area contributed by atoms with E-state index in [0.29, 0.717) is 6.04 Å². The highest BCUT2D eigenvalue weighted by molar-refractivity contribution is 9.10. The Hall–Kier alpha value is -1.27. The number of nitrogens with one attached hydrogen (secondary N) is 2. The maximum Gasteiger partial charge on any atom is 0.124 e. The van der Waals surface area contributed by atoms with Gasteiger partial charge >= 0.3 is 0 Å². The zero-order valence-electron chi connectivity index (χ0n) is 9.15. The van der Waals surface area contributed by atoms with Gasteiger partial charge in [-0.25, -0.2) is 9.97 Å². The van der Waals surface area contributed by atoms with Gasteiger partial charge < -0.3 is 10.3 Å². The highest BCUT2D eigenvalue weighted by atomic mass is 79.9. The first-order valence-corrected chi connectivity index (χ1v) is 6.38. The molecule has 0 unspecified atom stereocenters. The number of nitrogens with zero attached hydrogens (tertiary/aromatic N) is 3. The highest BCUT2D eigenvalue weighted by Crippen LogP contribution is 2.23. The molecule has 0 radical (unpaired) electrons. The third kappa shape index (κ3) is 2.23. The van der Waals surface area contributed by atoms with E-state index in [4.69, 9.17) is 0 Å². The van der Waals surface area contributed by atoms with Gasteiger partial charge in [-0.15, -0.1) is 0 Å². The average molecular weight is 294 g/mol. The summed E-state index contributed by atoms with van der Waals surface area (Å²) in [5.41, 5.74) is 1.72. The van der Waals surface area contributed by atoms with Crippen LogP contribution in [-0.4, -0.2) is 26.5 Å². The molecule has 0 spiro atoms. The van der Waals surface area contributed by atoms with Crippen LogP contribution < -0.4 is 5.32 Å². The fraction of sp³-hybridized carbons (Fsp3) is 0.364. The molecule has 1 fully saturated rings. The topological polar surface area (TPSA) is 66.5 Å². The summed E-state index contributed by atoms with van der Waals surface area (Å²) in [5, 5.41) is 3.41. The molecular formula is C11H12BrN5. The van der Waals surface area contributed by atoms with Crippen molar-refractivity contribution in [1.29, 1.82) is 0 Å². The zero-order chi connectivity index (χ0) is 11.7. The minimum atomic E-state index is 0.354. The molecule has 0 amide bonds. The van der Waals surface area contributed by atoms with E-state index in [1.807, 2.05) is 6.20 Å². The predicted molar refractivity (Wildman–Crippen MR) is 67.3 cm³/mol. The molecule has 2 aromatic heterocycles. The second-order valence-corrected chi connectivity index (χ2v) is 4.87. The largest absolute Gasteiger partial charge is 0.339 e. The van der Waals surface area contributed by atoms with Crippen LogP contribution in [0.25, 0.3) is 11.4 Å². The summed E-state index contributed by atoms with van der Waals surface area (Å²) >= 11 is 3.27. The Morgan fingerprint density at radius 3 is 2.82 bits per heavy atom. The smallest absolute Gasteiger partial charge is 0.124 e. The molecule has 0 aliphatic carbocycles. The molecule has 1 saturated heterocycles. The molecule has 0 bridgehead atoms.